The summed E-state index contributed by atoms with van der Waals surface area (Å²) in [6.07, 6.45) is 3.64. The number of nitrogens with one attached hydrogen (secondary N) is 3. The molecular formula is C18H23FN4O2. The molecule has 1 saturated carbocycles. The predicted molar refractivity (Wildman–Crippen MR) is 93.6 cm³/mol. The average molecular weight is 346 g/mol. The lowest BCUT2D eigenvalue weighted by atomic mass is 9.91. The van der Waals surface area contributed by atoms with Crippen LogP contribution in [-0.2, 0) is 4.79 Å². The molecule has 1 aromatic heterocycles. The number of aromatic nitrogens is 1. The van der Waals surface area contributed by atoms with E-state index in [0.29, 0.717) is 24.0 Å². The van der Waals surface area contributed by atoms with Crippen LogP contribution < -0.4 is 16.4 Å². The van der Waals surface area contributed by atoms with Crippen LogP contribution in [0.15, 0.2) is 24.3 Å². The van der Waals surface area contributed by atoms with Gasteiger partial charge in [0.25, 0.3) is 5.91 Å². The minimum Gasteiger partial charge on any atom is -0.353 e. The molecule has 2 amide bonds. The molecule has 1 fully saturated rings. The van der Waals surface area contributed by atoms with Crippen LogP contribution in [0.2, 0.25) is 0 Å². The van der Waals surface area contributed by atoms with Crippen LogP contribution >= 0.6 is 0 Å². The lowest BCUT2D eigenvalue weighted by Gasteiger charge is -2.29. The lowest BCUT2D eigenvalue weighted by Crippen LogP contribution is -2.44. The maximum Gasteiger partial charge on any atom is 0.267 e. The lowest BCUT2D eigenvalue weighted by molar-refractivity contribution is -0.121. The number of hydrogen-bond acceptors (Lipinski definition) is 3. The molecule has 0 saturated heterocycles. The Morgan fingerprint density at radius 3 is 2.48 bits per heavy atom. The predicted octanol–water partition coefficient (Wildman–Crippen LogP) is 1.81. The topological polar surface area (TPSA) is 100 Å². The third-order valence-corrected chi connectivity index (χ3v) is 4.63. The second-order valence-electron chi connectivity index (χ2n) is 6.54. The SMILES string of the molecule is NCCC(=O)NC1CCC(NC(=O)c2cc3cc(F)ccc3[nH]2)CC1. The Balaban J connectivity index is 1.52. The van der Waals surface area contributed by atoms with Crippen molar-refractivity contribution >= 4 is 22.7 Å². The normalized spacial score (nSPS) is 20.4. The van der Waals surface area contributed by atoms with Crippen molar-refractivity contribution in [3.63, 3.8) is 0 Å². The number of aromatic amines is 1. The van der Waals surface area contributed by atoms with E-state index in [2.05, 4.69) is 15.6 Å². The molecule has 1 aliphatic carbocycles. The molecule has 1 aliphatic rings. The minimum absolute atomic E-state index is 0.0136. The summed E-state index contributed by atoms with van der Waals surface area (Å²) in [5, 5.41) is 6.67. The van der Waals surface area contributed by atoms with Crippen molar-refractivity contribution in [2.24, 2.45) is 5.73 Å². The highest BCUT2D eigenvalue weighted by molar-refractivity contribution is 5.98. The number of halogens is 1. The Morgan fingerprint density at radius 1 is 1.12 bits per heavy atom. The Labute approximate surface area is 145 Å². The van der Waals surface area contributed by atoms with Gasteiger partial charge in [-0.15, -0.1) is 0 Å². The van der Waals surface area contributed by atoms with Crippen molar-refractivity contribution in [1.82, 2.24) is 15.6 Å². The fourth-order valence-electron chi connectivity index (χ4n) is 3.30. The average Bonchev–Trinajstić information content (AvgIpc) is 3.00. The summed E-state index contributed by atoms with van der Waals surface area (Å²) in [6.45, 7) is 0.353. The Morgan fingerprint density at radius 2 is 1.80 bits per heavy atom. The van der Waals surface area contributed by atoms with E-state index in [1.54, 1.807) is 12.1 Å². The molecular weight excluding hydrogens is 323 g/mol. The number of fused-ring (bicyclic) bond motifs is 1. The maximum atomic E-state index is 13.2. The van der Waals surface area contributed by atoms with Gasteiger partial charge in [-0.3, -0.25) is 9.59 Å². The van der Waals surface area contributed by atoms with Crippen LogP contribution in [0.3, 0.4) is 0 Å². The summed E-state index contributed by atoms with van der Waals surface area (Å²) in [6, 6.07) is 6.28. The third kappa shape index (κ3) is 4.36. The van der Waals surface area contributed by atoms with Gasteiger partial charge < -0.3 is 21.4 Å². The van der Waals surface area contributed by atoms with Gasteiger partial charge in [0.1, 0.15) is 11.5 Å². The first kappa shape index (κ1) is 17.4. The number of benzene rings is 1. The van der Waals surface area contributed by atoms with Gasteiger partial charge >= 0.3 is 0 Å². The highest BCUT2D eigenvalue weighted by Crippen LogP contribution is 2.20. The van der Waals surface area contributed by atoms with E-state index < -0.39 is 0 Å². The molecule has 0 bridgehead atoms. The largest absolute Gasteiger partial charge is 0.353 e. The van der Waals surface area contributed by atoms with E-state index in [0.717, 1.165) is 31.2 Å². The van der Waals surface area contributed by atoms with Gasteiger partial charge in [0.15, 0.2) is 0 Å². The quantitative estimate of drug-likeness (QED) is 0.664. The molecule has 6 nitrogen and oxygen atoms in total. The Bertz CT molecular complexity index is 766. The number of carbonyl (C=O) groups is 2. The highest BCUT2D eigenvalue weighted by atomic mass is 19.1. The smallest absolute Gasteiger partial charge is 0.267 e. The summed E-state index contributed by atoms with van der Waals surface area (Å²) in [7, 11) is 0. The van der Waals surface area contributed by atoms with E-state index in [1.165, 1.54) is 12.1 Å². The number of carbonyl (C=O) groups excluding carboxylic acids is 2. The zero-order valence-corrected chi connectivity index (χ0v) is 14.0. The highest BCUT2D eigenvalue weighted by Gasteiger charge is 2.24. The molecule has 0 radical (unpaired) electrons. The van der Waals surface area contributed by atoms with Gasteiger partial charge in [-0.25, -0.2) is 4.39 Å². The van der Waals surface area contributed by atoms with Crippen LogP contribution in [0, 0.1) is 5.82 Å². The molecule has 2 aromatic rings. The van der Waals surface area contributed by atoms with Crippen LogP contribution in [0.25, 0.3) is 10.9 Å². The molecule has 1 aromatic carbocycles. The molecule has 7 heteroatoms. The van der Waals surface area contributed by atoms with Gasteiger partial charge in [0, 0.05) is 36.0 Å². The van der Waals surface area contributed by atoms with Gasteiger partial charge in [-0.05, 0) is 49.9 Å². The monoisotopic (exact) mass is 346 g/mol. The van der Waals surface area contributed by atoms with E-state index in [4.69, 9.17) is 5.73 Å². The third-order valence-electron chi connectivity index (χ3n) is 4.63. The van der Waals surface area contributed by atoms with Crippen molar-refractivity contribution in [1.29, 1.82) is 0 Å². The zero-order chi connectivity index (χ0) is 17.8. The number of H-pyrrole nitrogens is 1. The second-order valence-corrected chi connectivity index (χ2v) is 6.54. The van der Waals surface area contributed by atoms with Gasteiger partial charge in [0.05, 0.1) is 0 Å². The molecule has 3 rings (SSSR count). The van der Waals surface area contributed by atoms with Crippen molar-refractivity contribution in [2.75, 3.05) is 6.54 Å². The first-order valence-corrected chi connectivity index (χ1v) is 8.63. The summed E-state index contributed by atoms with van der Waals surface area (Å²) in [5.74, 6) is -0.527. The Hall–Kier alpha value is -2.41. The van der Waals surface area contributed by atoms with Crippen LogP contribution in [0.1, 0.15) is 42.6 Å². The van der Waals surface area contributed by atoms with E-state index in [9.17, 15) is 14.0 Å². The standard InChI is InChI=1S/C18H23FN4O2/c19-12-1-6-15-11(9-12)10-16(23-15)18(25)22-14-4-2-13(3-5-14)21-17(24)7-8-20/h1,6,9-10,13-14,23H,2-5,7-8,20H2,(H,21,24)(H,22,25). The molecule has 5 N–H and O–H groups in total. The second kappa shape index (κ2) is 7.65. The summed E-state index contributed by atoms with van der Waals surface area (Å²) < 4.78 is 13.2. The minimum atomic E-state index is -0.325. The maximum absolute atomic E-state index is 13.2. The van der Waals surface area contributed by atoms with E-state index in [-0.39, 0.29) is 29.7 Å². The van der Waals surface area contributed by atoms with Crippen molar-refractivity contribution in [3.8, 4) is 0 Å². The first-order valence-electron chi connectivity index (χ1n) is 8.63. The molecule has 0 aliphatic heterocycles. The fraction of sp³-hybridized carbons (Fsp3) is 0.444. The summed E-state index contributed by atoms with van der Waals surface area (Å²) >= 11 is 0. The van der Waals surface area contributed by atoms with Gasteiger partial charge in [-0.2, -0.15) is 0 Å². The molecule has 134 valence electrons. The van der Waals surface area contributed by atoms with Crippen LogP contribution in [0.5, 0.6) is 0 Å². The summed E-state index contributed by atoms with van der Waals surface area (Å²) in [5.41, 5.74) is 6.53. The number of amides is 2. The molecule has 0 spiro atoms. The van der Waals surface area contributed by atoms with Gasteiger partial charge in [0.2, 0.25) is 5.91 Å². The van der Waals surface area contributed by atoms with Crippen molar-refractivity contribution in [2.45, 2.75) is 44.2 Å². The fourth-order valence-corrected chi connectivity index (χ4v) is 3.30. The molecule has 0 unspecified atom stereocenters. The number of hydrogen-bond donors (Lipinski definition) is 4. The van der Waals surface area contributed by atoms with Crippen LogP contribution in [0.4, 0.5) is 4.39 Å². The summed E-state index contributed by atoms with van der Waals surface area (Å²) in [4.78, 5) is 27.0. The van der Waals surface area contributed by atoms with Gasteiger partial charge in [-0.1, -0.05) is 0 Å². The van der Waals surface area contributed by atoms with Crippen LogP contribution in [-0.4, -0.2) is 35.4 Å². The Kier molecular flexibility index (Phi) is 5.33. The number of nitrogens with two attached hydrogens (primary N) is 1. The molecule has 25 heavy (non-hydrogen) atoms. The van der Waals surface area contributed by atoms with Crippen molar-refractivity contribution < 1.29 is 14.0 Å². The first-order chi connectivity index (χ1) is 12.0. The van der Waals surface area contributed by atoms with Crippen molar-refractivity contribution in [3.05, 3.63) is 35.8 Å². The molecule has 0 atom stereocenters. The number of rotatable bonds is 5. The van der Waals surface area contributed by atoms with E-state index >= 15 is 0 Å². The molecule has 1 heterocycles. The zero-order valence-electron chi connectivity index (χ0n) is 14.0. The van der Waals surface area contributed by atoms with E-state index in [1.807, 2.05) is 0 Å².